The van der Waals surface area contributed by atoms with Gasteiger partial charge in [-0.15, -0.1) is 0 Å². The van der Waals surface area contributed by atoms with Gasteiger partial charge < -0.3 is 43.4 Å². The van der Waals surface area contributed by atoms with E-state index >= 15 is 0 Å². The Labute approximate surface area is 125 Å². The third-order valence-corrected chi connectivity index (χ3v) is 1.59. The minimum atomic E-state index is -1.29. The number of carbonyl (C=O) groups is 4. The fourth-order valence-corrected chi connectivity index (χ4v) is 0.551. The van der Waals surface area contributed by atoms with E-state index in [2.05, 4.69) is 0 Å². The molecule has 12 heteroatoms. The molecule has 12 nitrogen and oxygen atoms in total. The van der Waals surface area contributed by atoms with E-state index in [0.29, 0.717) is 13.1 Å². The van der Waals surface area contributed by atoms with E-state index in [1.165, 1.54) is 0 Å². The Kier molecular flexibility index (Phi) is 17.0. The van der Waals surface area contributed by atoms with Crippen molar-refractivity contribution >= 4 is 23.9 Å². The molecule has 0 saturated heterocycles. The smallest absolute Gasteiger partial charge is 0.321 e. The highest BCUT2D eigenvalue weighted by atomic mass is 16.4. The molecule has 22 heavy (non-hydrogen) atoms. The van der Waals surface area contributed by atoms with E-state index in [9.17, 15) is 19.2 Å². The fraction of sp³-hybridized carbons (Fsp3) is 0.600. The molecule has 0 aromatic heterocycles. The summed E-state index contributed by atoms with van der Waals surface area (Å²) in [5.74, 6) is -5.00. The van der Waals surface area contributed by atoms with Crippen molar-refractivity contribution in [2.75, 3.05) is 13.1 Å². The summed E-state index contributed by atoms with van der Waals surface area (Å²) in [4.78, 5) is 39.2. The Balaban J connectivity index is -0.000000266. The van der Waals surface area contributed by atoms with Crippen LogP contribution >= 0.6 is 0 Å². The van der Waals surface area contributed by atoms with Crippen molar-refractivity contribution in [3.05, 3.63) is 0 Å². The first kappa shape index (κ1) is 24.7. The van der Waals surface area contributed by atoms with Crippen LogP contribution in [0.1, 0.15) is 12.8 Å². The van der Waals surface area contributed by atoms with Crippen molar-refractivity contribution < 1.29 is 39.6 Å². The summed E-state index contributed by atoms with van der Waals surface area (Å²) in [5, 5.41) is 32.1. The maximum atomic E-state index is 9.85. The van der Waals surface area contributed by atoms with Crippen LogP contribution in [-0.4, -0.2) is 69.5 Å². The van der Waals surface area contributed by atoms with Gasteiger partial charge in [0.05, 0.1) is 12.8 Å². The van der Waals surface area contributed by atoms with Crippen LogP contribution < -0.4 is 22.9 Å². The summed E-state index contributed by atoms with van der Waals surface area (Å²) >= 11 is 0. The average Bonchev–Trinajstić information content (AvgIpc) is 2.38. The quantitative estimate of drug-likeness (QED) is 0.228. The fourth-order valence-electron chi connectivity index (χ4n) is 0.551. The van der Waals surface area contributed by atoms with E-state index in [1.807, 2.05) is 0 Å². The highest BCUT2D eigenvalue weighted by Gasteiger charge is 2.15. The summed E-state index contributed by atoms with van der Waals surface area (Å²) in [6.07, 6.45) is -1.06. The van der Waals surface area contributed by atoms with Gasteiger partial charge in [0, 0.05) is 13.1 Å². The maximum absolute atomic E-state index is 9.85. The van der Waals surface area contributed by atoms with E-state index in [4.69, 9.17) is 43.4 Å². The Bertz CT molecular complexity index is 329. The van der Waals surface area contributed by atoms with Gasteiger partial charge in [-0.1, -0.05) is 0 Å². The predicted octanol–water partition coefficient (Wildman–Crippen LogP) is -3.35. The van der Waals surface area contributed by atoms with Crippen LogP contribution in [0.3, 0.4) is 0 Å². The largest absolute Gasteiger partial charge is 0.481 e. The van der Waals surface area contributed by atoms with Crippen molar-refractivity contribution in [3.8, 4) is 0 Å². The highest BCUT2D eigenvalue weighted by Crippen LogP contribution is 1.86. The SMILES string of the molecule is NCCN.N[C@@H](CC(=O)O)C(=O)O.N[C@@H](CC(=O)O)C(=O)O. The Morgan fingerprint density at radius 3 is 0.955 bits per heavy atom. The zero-order valence-electron chi connectivity index (χ0n) is 11.7. The van der Waals surface area contributed by atoms with Crippen LogP contribution in [0.2, 0.25) is 0 Å². The van der Waals surface area contributed by atoms with Gasteiger partial charge >= 0.3 is 23.9 Å². The van der Waals surface area contributed by atoms with Gasteiger partial charge in [0.1, 0.15) is 12.1 Å². The van der Waals surface area contributed by atoms with Gasteiger partial charge in [-0.3, -0.25) is 19.2 Å². The molecule has 0 aromatic rings. The van der Waals surface area contributed by atoms with E-state index < -0.39 is 48.8 Å². The van der Waals surface area contributed by atoms with Crippen molar-refractivity contribution in [1.82, 2.24) is 0 Å². The van der Waals surface area contributed by atoms with Crippen LogP contribution in [0.4, 0.5) is 0 Å². The first-order valence-corrected chi connectivity index (χ1v) is 5.80. The first-order valence-electron chi connectivity index (χ1n) is 5.80. The standard InChI is InChI=1S/2C4H7NO4.C2H8N2/c2*5-2(4(8)9)1-3(6)7;3-1-2-4/h2*2H,1,5H2,(H,6,7)(H,8,9);1-4H2/t2*2-;/m00./s1. The minimum Gasteiger partial charge on any atom is -0.481 e. The molecule has 0 saturated carbocycles. The van der Waals surface area contributed by atoms with E-state index in [0.717, 1.165) is 0 Å². The van der Waals surface area contributed by atoms with Gasteiger partial charge in [0.2, 0.25) is 0 Å². The number of hydrogen-bond acceptors (Lipinski definition) is 8. The van der Waals surface area contributed by atoms with Gasteiger partial charge in [-0.2, -0.15) is 0 Å². The van der Waals surface area contributed by atoms with Crippen LogP contribution in [-0.2, 0) is 19.2 Å². The predicted molar refractivity (Wildman–Crippen MR) is 73.8 cm³/mol. The lowest BCUT2D eigenvalue weighted by molar-refractivity contribution is -0.144. The third-order valence-electron chi connectivity index (χ3n) is 1.59. The zero-order chi connectivity index (χ0) is 18.3. The summed E-state index contributed by atoms with van der Waals surface area (Å²) in [6.45, 7) is 1.19. The second kappa shape index (κ2) is 15.1. The van der Waals surface area contributed by atoms with Crippen LogP contribution in [0.5, 0.6) is 0 Å². The summed E-state index contributed by atoms with van der Waals surface area (Å²) < 4.78 is 0. The molecule has 0 aromatic carbocycles. The van der Waals surface area contributed by atoms with Gasteiger partial charge in [-0.25, -0.2) is 0 Å². The monoisotopic (exact) mass is 326 g/mol. The molecule has 0 aliphatic carbocycles. The molecule has 0 heterocycles. The summed E-state index contributed by atoms with van der Waals surface area (Å²) in [6, 6.07) is -2.58. The highest BCUT2D eigenvalue weighted by molar-refractivity contribution is 5.80. The van der Waals surface area contributed by atoms with Gasteiger partial charge in [0.15, 0.2) is 0 Å². The lowest BCUT2D eigenvalue weighted by Crippen LogP contribution is -2.32. The normalized spacial score (nSPS) is 11.6. The Hall–Kier alpha value is -2.28. The molecule has 0 unspecified atom stereocenters. The van der Waals surface area contributed by atoms with Gasteiger partial charge in [0.25, 0.3) is 0 Å². The number of aliphatic carboxylic acids is 4. The lowest BCUT2D eigenvalue weighted by Gasteiger charge is -1.99. The number of carboxylic acid groups (broad SMARTS) is 4. The Morgan fingerprint density at radius 2 is 0.909 bits per heavy atom. The summed E-state index contributed by atoms with van der Waals surface area (Å²) in [5.41, 5.74) is 19.5. The van der Waals surface area contributed by atoms with Crippen LogP contribution in [0.15, 0.2) is 0 Å². The molecule has 0 rings (SSSR count). The lowest BCUT2D eigenvalue weighted by atomic mass is 10.2. The van der Waals surface area contributed by atoms with Crippen molar-refractivity contribution in [1.29, 1.82) is 0 Å². The molecule has 12 N–H and O–H groups in total. The molecular formula is C10H22N4O8. The van der Waals surface area contributed by atoms with Crippen LogP contribution in [0.25, 0.3) is 0 Å². The molecule has 0 radical (unpaired) electrons. The van der Waals surface area contributed by atoms with Crippen molar-refractivity contribution in [3.63, 3.8) is 0 Å². The molecule has 0 bridgehead atoms. The van der Waals surface area contributed by atoms with E-state index in [-0.39, 0.29) is 0 Å². The number of carboxylic acids is 4. The molecule has 0 fully saturated rings. The second-order valence-electron chi connectivity index (χ2n) is 3.66. The topological polar surface area (TPSA) is 253 Å². The minimum absolute atomic E-state index is 0.532. The number of rotatable bonds is 7. The van der Waals surface area contributed by atoms with Crippen LogP contribution in [0, 0.1) is 0 Å². The van der Waals surface area contributed by atoms with Crippen molar-refractivity contribution in [2.45, 2.75) is 24.9 Å². The van der Waals surface area contributed by atoms with E-state index in [1.54, 1.807) is 0 Å². The average molecular weight is 326 g/mol. The number of hydrogen-bond donors (Lipinski definition) is 8. The number of nitrogens with two attached hydrogens (primary N) is 4. The molecule has 0 spiro atoms. The molecular weight excluding hydrogens is 304 g/mol. The first-order chi connectivity index (χ1) is 9.99. The summed E-state index contributed by atoms with van der Waals surface area (Å²) in [7, 11) is 0. The molecule has 0 aliphatic rings. The molecule has 0 aliphatic heterocycles. The molecule has 2 atom stereocenters. The second-order valence-corrected chi connectivity index (χ2v) is 3.66. The zero-order valence-corrected chi connectivity index (χ0v) is 11.7. The maximum Gasteiger partial charge on any atom is 0.321 e. The molecule has 0 amide bonds. The third kappa shape index (κ3) is 22.9. The van der Waals surface area contributed by atoms with Gasteiger partial charge in [-0.05, 0) is 0 Å². The molecule has 130 valence electrons. The Morgan fingerprint density at radius 1 is 0.682 bits per heavy atom. The van der Waals surface area contributed by atoms with Crippen molar-refractivity contribution in [2.24, 2.45) is 22.9 Å².